The molecule has 0 spiro atoms. The summed E-state index contributed by atoms with van der Waals surface area (Å²) < 4.78 is 40.6. The van der Waals surface area contributed by atoms with Gasteiger partial charge in [-0.25, -0.2) is 4.98 Å². The number of rotatable bonds is 6. The second-order valence-corrected chi connectivity index (χ2v) is 9.64. The summed E-state index contributed by atoms with van der Waals surface area (Å²) >= 11 is 1.26. The lowest BCUT2D eigenvalue weighted by Gasteiger charge is -2.36. The number of nitrogens with one attached hydrogen (secondary N) is 1. The van der Waals surface area contributed by atoms with Gasteiger partial charge in [0, 0.05) is 72.9 Å². The lowest BCUT2D eigenvalue weighted by Crippen LogP contribution is -2.47. The molecule has 0 atom stereocenters. The molecule has 2 aromatic heterocycles. The van der Waals surface area contributed by atoms with Crippen molar-refractivity contribution in [1.29, 1.82) is 5.26 Å². The Kier molecular flexibility index (Phi) is 5.97. The van der Waals surface area contributed by atoms with Crippen LogP contribution in [0.4, 0.5) is 18.9 Å². The van der Waals surface area contributed by atoms with Gasteiger partial charge >= 0.3 is 6.18 Å². The van der Waals surface area contributed by atoms with Gasteiger partial charge in [0.25, 0.3) is 0 Å². The molecule has 0 radical (unpaired) electrons. The van der Waals surface area contributed by atoms with Crippen molar-refractivity contribution in [2.45, 2.75) is 30.0 Å². The molecule has 3 aromatic rings. The van der Waals surface area contributed by atoms with E-state index in [0.29, 0.717) is 11.4 Å². The van der Waals surface area contributed by atoms with E-state index in [0.717, 1.165) is 57.1 Å². The highest BCUT2D eigenvalue weighted by Crippen LogP contribution is 2.43. The molecule has 1 aliphatic carbocycles. The van der Waals surface area contributed by atoms with Gasteiger partial charge in [0.1, 0.15) is 11.1 Å². The van der Waals surface area contributed by atoms with Crippen LogP contribution >= 0.6 is 11.8 Å². The van der Waals surface area contributed by atoms with Gasteiger partial charge in [0.15, 0.2) is 0 Å². The van der Waals surface area contributed by atoms with Crippen LogP contribution in [0.1, 0.15) is 35.6 Å². The molecule has 0 unspecified atom stereocenters. The molecule has 1 aromatic carbocycles. The molecular formula is C24H24F3N5S. The molecule has 2 fully saturated rings. The van der Waals surface area contributed by atoms with E-state index < -0.39 is 11.7 Å². The van der Waals surface area contributed by atoms with Crippen LogP contribution in [0.15, 0.2) is 41.6 Å². The van der Waals surface area contributed by atoms with Crippen molar-refractivity contribution in [1.82, 2.24) is 14.9 Å². The van der Waals surface area contributed by atoms with E-state index in [9.17, 15) is 18.4 Å². The summed E-state index contributed by atoms with van der Waals surface area (Å²) in [6.07, 6.45) is -0.874. The molecule has 5 nitrogen and oxygen atoms in total. The molecule has 1 N–H and O–H groups in total. The Bertz CT molecular complexity index is 1190. The lowest BCUT2D eigenvalue weighted by atomic mass is 10.1. The van der Waals surface area contributed by atoms with Gasteiger partial charge < -0.3 is 9.88 Å². The second kappa shape index (κ2) is 8.92. The minimum atomic E-state index is -4.55. The first-order chi connectivity index (χ1) is 15.9. The summed E-state index contributed by atoms with van der Waals surface area (Å²) in [5, 5.41) is 10.9. The largest absolute Gasteiger partial charge is 0.417 e. The van der Waals surface area contributed by atoms with Crippen LogP contribution in [-0.2, 0) is 6.18 Å². The number of anilines is 1. The maximum atomic E-state index is 13.5. The monoisotopic (exact) mass is 471 g/mol. The molecule has 0 amide bonds. The normalized spacial score (nSPS) is 17.5. The third-order valence-corrected chi connectivity index (χ3v) is 7.31. The summed E-state index contributed by atoms with van der Waals surface area (Å²) in [4.78, 5) is 12.4. The van der Waals surface area contributed by atoms with Crippen molar-refractivity contribution < 1.29 is 13.2 Å². The van der Waals surface area contributed by atoms with Gasteiger partial charge in [-0.2, -0.15) is 18.4 Å². The van der Waals surface area contributed by atoms with Gasteiger partial charge in [-0.15, -0.1) is 11.8 Å². The fraction of sp³-hybridized carbons (Fsp3) is 0.417. The molecule has 5 rings (SSSR count). The Balaban J connectivity index is 1.22. The second-order valence-electron chi connectivity index (χ2n) is 8.55. The van der Waals surface area contributed by atoms with Crippen molar-refractivity contribution in [2.75, 3.05) is 43.4 Å². The lowest BCUT2D eigenvalue weighted by molar-refractivity contribution is -0.138. The number of alkyl halides is 3. The number of aromatic nitrogens is 2. The highest BCUT2D eigenvalue weighted by molar-refractivity contribution is 7.99. The van der Waals surface area contributed by atoms with Crippen molar-refractivity contribution in [3.63, 3.8) is 0 Å². The highest BCUT2D eigenvalue weighted by atomic mass is 32.2. The van der Waals surface area contributed by atoms with Crippen LogP contribution in [0.5, 0.6) is 0 Å². The molecule has 3 heterocycles. The molecule has 1 saturated heterocycles. The number of aromatic amines is 1. The van der Waals surface area contributed by atoms with Crippen molar-refractivity contribution in [2.24, 2.45) is 0 Å². The standard InChI is InChI=1S/C24H24F3N5S/c25-24(26,27)19-14-21(16-4-5-16)30-23(18(19)15-28)33-13-12-31-8-10-32(11-9-31)22-3-1-2-20-17(22)6-7-29-20/h1-3,6-7,14,16,29H,4-5,8-13H2. The third-order valence-electron chi connectivity index (χ3n) is 6.35. The zero-order valence-corrected chi connectivity index (χ0v) is 18.8. The number of nitriles is 1. The Hall–Kier alpha value is -2.70. The highest BCUT2D eigenvalue weighted by Gasteiger charge is 2.38. The van der Waals surface area contributed by atoms with Crippen molar-refractivity contribution >= 4 is 28.4 Å². The third kappa shape index (κ3) is 4.68. The van der Waals surface area contributed by atoms with Gasteiger partial charge in [-0.05, 0) is 37.1 Å². The minimum absolute atomic E-state index is 0.0933. The fourth-order valence-electron chi connectivity index (χ4n) is 4.39. The number of pyridine rings is 1. The molecule has 1 aliphatic heterocycles. The quantitative estimate of drug-likeness (QED) is 0.498. The summed E-state index contributed by atoms with van der Waals surface area (Å²) in [6.45, 7) is 4.30. The van der Waals surface area contributed by atoms with Crippen molar-refractivity contribution in [3.05, 3.63) is 53.3 Å². The number of nitrogens with zero attached hydrogens (tertiary/aromatic N) is 4. The maximum Gasteiger partial charge on any atom is 0.417 e. The van der Waals surface area contributed by atoms with Crippen LogP contribution in [0, 0.1) is 11.3 Å². The SMILES string of the molecule is N#Cc1c(C(F)(F)F)cc(C2CC2)nc1SCCN1CCN(c2cccc3[nH]ccc23)CC1. The van der Waals surface area contributed by atoms with E-state index in [1.165, 1.54) is 22.8 Å². The van der Waals surface area contributed by atoms with Crippen molar-refractivity contribution in [3.8, 4) is 6.07 Å². The summed E-state index contributed by atoms with van der Waals surface area (Å²) in [7, 11) is 0. The molecule has 0 bridgehead atoms. The Labute approximate surface area is 194 Å². The number of fused-ring (bicyclic) bond motifs is 1. The van der Waals surface area contributed by atoms with E-state index >= 15 is 0 Å². The average Bonchev–Trinajstić information content (AvgIpc) is 3.54. The van der Waals surface area contributed by atoms with Gasteiger partial charge in [0.2, 0.25) is 0 Å². The number of thioether (sulfide) groups is 1. The first-order valence-corrected chi connectivity index (χ1v) is 12.1. The first kappa shape index (κ1) is 22.1. The van der Waals surface area contributed by atoms with Crippen LogP contribution in [-0.4, -0.2) is 53.3 Å². The number of hydrogen-bond donors (Lipinski definition) is 1. The van der Waals surface area contributed by atoms with Gasteiger partial charge in [-0.3, -0.25) is 4.90 Å². The summed E-state index contributed by atoms with van der Waals surface area (Å²) in [6, 6.07) is 11.2. The number of benzene rings is 1. The Morgan fingerprint density at radius 2 is 1.94 bits per heavy atom. The zero-order chi connectivity index (χ0) is 23.0. The van der Waals surface area contributed by atoms with E-state index in [1.54, 1.807) is 6.07 Å². The molecule has 9 heteroatoms. The van der Waals surface area contributed by atoms with Crippen LogP contribution in [0.25, 0.3) is 10.9 Å². The Morgan fingerprint density at radius 1 is 1.15 bits per heavy atom. The summed E-state index contributed by atoms with van der Waals surface area (Å²) in [5.41, 5.74) is 1.62. The van der Waals surface area contributed by atoms with Crippen LogP contribution in [0.2, 0.25) is 0 Å². The van der Waals surface area contributed by atoms with E-state index in [2.05, 4.69) is 44.0 Å². The fourth-order valence-corrected chi connectivity index (χ4v) is 5.41. The minimum Gasteiger partial charge on any atom is -0.368 e. The van der Waals surface area contributed by atoms with E-state index in [4.69, 9.17) is 0 Å². The smallest absolute Gasteiger partial charge is 0.368 e. The van der Waals surface area contributed by atoms with E-state index in [1.807, 2.05) is 6.20 Å². The van der Waals surface area contributed by atoms with Crippen LogP contribution in [0.3, 0.4) is 0 Å². The Morgan fingerprint density at radius 3 is 2.64 bits per heavy atom. The number of halogens is 3. The van der Waals surface area contributed by atoms with Gasteiger partial charge in [-0.1, -0.05) is 6.07 Å². The van der Waals surface area contributed by atoms with E-state index in [-0.39, 0.29) is 16.5 Å². The molecule has 33 heavy (non-hydrogen) atoms. The molecule has 1 saturated carbocycles. The predicted molar refractivity (Wildman–Crippen MR) is 124 cm³/mol. The molecule has 2 aliphatic rings. The topological polar surface area (TPSA) is 59.0 Å². The number of hydrogen-bond acceptors (Lipinski definition) is 5. The zero-order valence-electron chi connectivity index (χ0n) is 18.0. The number of piperazine rings is 1. The summed E-state index contributed by atoms with van der Waals surface area (Å²) in [5.74, 6) is 0.691. The molecular weight excluding hydrogens is 447 g/mol. The van der Waals surface area contributed by atoms with Crippen LogP contribution < -0.4 is 4.90 Å². The average molecular weight is 472 g/mol. The maximum absolute atomic E-state index is 13.5. The molecule has 172 valence electrons. The predicted octanol–water partition coefficient (Wildman–Crippen LogP) is 5.25. The van der Waals surface area contributed by atoms with Gasteiger partial charge in [0.05, 0.1) is 11.1 Å². The first-order valence-electron chi connectivity index (χ1n) is 11.1. The number of H-pyrrole nitrogens is 1.